The van der Waals surface area contributed by atoms with Crippen LogP contribution in [0.25, 0.3) is 0 Å². The number of hydrogen-bond donors (Lipinski definition) is 1. The van der Waals surface area contributed by atoms with E-state index in [-0.39, 0.29) is 36.1 Å². The highest BCUT2D eigenvalue weighted by atomic mass is 127. The minimum atomic E-state index is -0.467. The molecule has 7 nitrogen and oxygen atoms in total. The van der Waals surface area contributed by atoms with Crippen LogP contribution in [0.3, 0.4) is 0 Å². The Morgan fingerprint density at radius 3 is 2.52 bits per heavy atom. The quantitative estimate of drug-likeness (QED) is 0.557. The first kappa shape index (κ1) is 25.7. The van der Waals surface area contributed by atoms with Crippen LogP contribution in [0.5, 0.6) is 0 Å². The molecule has 2 aliphatic heterocycles. The van der Waals surface area contributed by atoms with Crippen molar-refractivity contribution in [2.75, 3.05) is 39.3 Å². The zero-order chi connectivity index (χ0) is 21.7. The lowest BCUT2D eigenvalue weighted by molar-refractivity contribution is 0.0137. The molecule has 1 aromatic rings. The molecule has 1 unspecified atom stereocenters. The van der Waals surface area contributed by atoms with Crippen molar-refractivity contribution in [3.05, 3.63) is 35.4 Å². The Labute approximate surface area is 204 Å². The molecule has 2 aliphatic rings. The van der Waals surface area contributed by atoms with Gasteiger partial charge < -0.3 is 19.9 Å². The number of aliphatic imine (C=N–C) groups is 1. The third kappa shape index (κ3) is 6.97. The summed E-state index contributed by atoms with van der Waals surface area (Å²) in [6.45, 7) is 16.7. The normalized spacial score (nSPS) is 18.4. The van der Waals surface area contributed by atoms with E-state index in [0.29, 0.717) is 19.6 Å². The predicted molar refractivity (Wildman–Crippen MR) is 136 cm³/mol. The Hall–Kier alpha value is -1.55. The minimum Gasteiger partial charge on any atom is -0.444 e. The molecular weight excluding hydrogens is 505 g/mol. The molecule has 0 aromatic heterocycles. The summed E-state index contributed by atoms with van der Waals surface area (Å²) in [7, 11) is 0. The van der Waals surface area contributed by atoms with E-state index < -0.39 is 5.60 Å². The van der Waals surface area contributed by atoms with Gasteiger partial charge >= 0.3 is 6.09 Å². The number of carbonyl (C=O) groups excluding carboxylic acids is 1. The number of benzene rings is 1. The van der Waals surface area contributed by atoms with Crippen LogP contribution in [0.1, 0.15) is 45.7 Å². The fraction of sp³-hybridized carbons (Fsp3) is 0.652. The Morgan fingerprint density at radius 1 is 1.19 bits per heavy atom. The van der Waals surface area contributed by atoms with E-state index in [1.807, 2.05) is 25.7 Å². The first-order valence-electron chi connectivity index (χ1n) is 11.1. The lowest BCUT2D eigenvalue weighted by Gasteiger charge is -2.39. The Bertz CT molecular complexity index is 761. The van der Waals surface area contributed by atoms with Crippen LogP contribution >= 0.6 is 24.0 Å². The van der Waals surface area contributed by atoms with E-state index in [1.54, 1.807) is 0 Å². The molecule has 8 heteroatoms. The van der Waals surface area contributed by atoms with Gasteiger partial charge in [-0.05, 0) is 45.0 Å². The molecule has 1 amide bonds. The third-order valence-corrected chi connectivity index (χ3v) is 5.70. The number of fused-ring (bicyclic) bond motifs is 1. The van der Waals surface area contributed by atoms with Gasteiger partial charge in [0, 0.05) is 32.7 Å². The highest BCUT2D eigenvalue weighted by Gasteiger charge is 2.36. The maximum Gasteiger partial charge on any atom is 0.410 e. The summed E-state index contributed by atoms with van der Waals surface area (Å²) >= 11 is 0. The van der Waals surface area contributed by atoms with Crippen LogP contribution in [0.4, 0.5) is 4.79 Å². The van der Waals surface area contributed by atoms with Crippen molar-refractivity contribution in [3.8, 4) is 0 Å². The van der Waals surface area contributed by atoms with Gasteiger partial charge in [-0.25, -0.2) is 4.79 Å². The van der Waals surface area contributed by atoms with Gasteiger partial charge in [0.05, 0.1) is 12.6 Å². The molecule has 1 aromatic carbocycles. The number of carbonyl (C=O) groups is 1. The van der Waals surface area contributed by atoms with Crippen LogP contribution in [-0.4, -0.2) is 77.7 Å². The predicted octanol–water partition coefficient (Wildman–Crippen LogP) is 3.53. The van der Waals surface area contributed by atoms with E-state index in [0.717, 1.165) is 38.7 Å². The van der Waals surface area contributed by atoms with Crippen LogP contribution in [0, 0.1) is 0 Å². The van der Waals surface area contributed by atoms with E-state index in [4.69, 9.17) is 9.73 Å². The fourth-order valence-corrected chi connectivity index (χ4v) is 3.97. The van der Waals surface area contributed by atoms with Crippen LogP contribution < -0.4 is 5.32 Å². The summed E-state index contributed by atoms with van der Waals surface area (Å²) in [5, 5.41) is 3.55. The van der Waals surface area contributed by atoms with Gasteiger partial charge in [-0.15, -0.1) is 24.0 Å². The molecule has 31 heavy (non-hydrogen) atoms. The lowest BCUT2D eigenvalue weighted by atomic mass is 10.1. The molecule has 1 atom stereocenters. The standard InChI is InChI=1S/C23H37N5O2.HI/c1-6-26(7-2)16-19-11-9-8-10-18(19)14-24-21-25-15-20-17-27(12-13-28(20)21)22(29)30-23(3,4)5;/h8-11,20H,6-7,12-17H2,1-5H3,(H,24,25);1H. The summed E-state index contributed by atoms with van der Waals surface area (Å²) in [6.07, 6.45) is -0.228. The van der Waals surface area contributed by atoms with Crippen molar-refractivity contribution in [2.45, 2.75) is 59.4 Å². The molecule has 2 heterocycles. The summed E-state index contributed by atoms with van der Waals surface area (Å²) < 4.78 is 5.53. The number of piperazine rings is 1. The van der Waals surface area contributed by atoms with Crippen molar-refractivity contribution in [1.29, 1.82) is 0 Å². The molecule has 0 saturated carbocycles. The molecule has 174 valence electrons. The van der Waals surface area contributed by atoms with Gasteiger partial charge in [0.1, 0.15) is 5.60 Å². The van der Waals surface area contributed by atoms with Crippen LogP contribution in [0.2, 0.25) is 0 Å². The number of rotatable bonds is 6. The molecule has 1 N–H and O–H groups in total. The van der Waals surface area contributed by atoms with E-state index in [1.165, 1.54) is 11.1 Å². The number of halogens is 1. The zero-order valence-electron chi connectivity index (χ0n) is 19.6. The smallest absolute Gasteiger partial charge is 0.410 e. The second kappa shape index (κ2) is 11.4. The zero-order valence-corrected chi connectivity index (χ0v) is 21.9. The number of nitrogens with zero attached hydrogens (tertiary/aromatic N) is 4. The Morgan fingerprint density at radius 2 is 1.87 bits per heavy atom. The average Bonchev–Trinajstić information content (AvgIpc) is 3.12. The summed E-state index contributed by atoms with van der Waals surface area (Å²) in [5.41, 5.74) is 2.20. The summed E-state index contributed by atoms with van der Waals surface area (Å²) in [6, 6.07) is 8.84. The molecule has 0 aliphatic carbocycles. The van der Waals surface area contributed by atoms with Gasteiger partial charge in [-0.2, -0.15) is 0 Å². The van der Waals surface area contributed by atoms with E-state index in [2.05, 4.69) is 53.2 Å². The molecule has 1 fully saturated rings. The van der Waals surface area contributed by atoms with E-state index in [9.17, 15) is 4.79 Å². The topological polar surface area (TPSA) is 60.4 Å². The molecule has 0 radical (unpaired) electrons. The minimum absolute atomic E-state index is 0. The molecule has 1 saturated heterocycles. The summed E-state index contributed by atoms with van der Waals surface area (Å²) in [5.74, 6) is 0.946. The maximum atomic E-state index is 12.4. The van der Waals surface area contributed by atoms with Gasteiger partial charge in [0.25, 0.3) is 0 Å². The van der Waals surface area contributed by atoms with Gasteiger partial charge in [-0.3, -0.25) is 9.89 Å². The second-order valence-electron chi connectivity index (χ2n) is 9.02. The molecule has 0 bridgehead atoms. The van der Waals surface area contributed by atoms with Crippen molar-refractivity contribution in [1.82, 2.24) is 20.0 Å². The Kier molecular flexibility index (Phi) is 9.42. The number of amides is 1. The van der Waals surface area contributed by atoms with Crippen LogP contribution in [-0.2, 0) is 17.8 Å². The van der Waals surface area contributed by atoms with Crippen molar-refractivity contribution in [3.63, 3.8) is 0 Å². The van der Waals surface area contributed by atoms with Gasteiger partial charge in [0.15, 0.2) is 5.96 Å². The number of nitrogens with one attached hydrogen (secondary N) is 1. The molecule has 0 spiro atoms. The monoisotopic (exact) mass is 543 g/mol. The van der Waals surface area contributed by atoms with Crippen molar-refractivity contribution < 1.29 is 9.53 Å². The fourth-order valence-electron chi connectivity index (χ4n) is 3.97. The first-order chi connectivity index (χ1) is 14.3. The second-order valence-corrected chi connectivity index (χ2v) is 9.02. The number of guanidine groups is 1. The SMILES string of the molecule is CCN(CC)Cc1ccccc1CNC1=NCC2CN(C(=O)OC(C)(C)C)CCN12.I. The first-order valence-corrected chi connectivity index (χ1v) is 11.1. The summed E-state index contributed by atoms with van der Waals surface area (Å²) in [4.78, 5) is 23.7. The van der Waals surface area contributed by atoms with E-state index >= 15 is 0 Å². The van der Waals surface area contributed by atoms with Crippen molar-refractivity contribution in [2.24, 2.45) is 4.99 Å². The lowest BCUT2D eigenvalue weighted by Crippen LogP contribution is -2.57. The molecule has 3 rings (SSSR count). The highest BCUT2D eigenvalue weighted by Crippen LogP contribution is 2.19. The molecular formula is C23H38IN5O2. The van der Waals surface area contributed by atoms with Gasteiger partial charge in [0.2, 0.25) is 0 Å². The van der Waals surface area contributed by atoms with Gasteiger partial charge in [-0.1, -0.05) is 38.1 Å². The number of hydrogen-bond acceptors (Lipinski definition) is 6. The highest BCUT2D eigenvalue weighted by molar-refractivity contribution is 14.0. The maximum absolute atomic E-state index is 12.4. The van der Waals surface area contributed by atoms with Crippen LogP contribution in [0.15, 0.2) is 29.3 Å². The third-order valence-electron chi connectivity index (χ3n) is 5.70. The Balaban J connectivity index is 0.00000341. The van der Waals surface area contributed by atoms with Crippen molar-refractivity contribution >= 4 is 36.0 Å². The number of ether oxygens (including phenoxy) is 1. The largest absolute Gasteiger partial charge is 0.444 e. The average molecular weight is 543 g/mol.